The number of amides is 1. The van der Waals surface area contributed by atoms with Gasteiger partial charge < -0.3 is 64.4 Å². The lowest BCUT2D eigenvalue weighted by atomic mass is 9.97. The van der Waals surface area contributed by atoms with Crippen LogP contribution in [-0.4, -0.2) is 160 Å². The summed E-state index contributed by atoms with van der Waals surface area (Å²) in [5.41, 5.74) is 24.1. The molecule has 1 aliphatic rings. The van der Waals surface area contributed by atoms with Crippen molar-refractivity contribution in [3.05, 3.63) is 59.4 Å². The predicted molar refractivity (Wildman–Crippen MR) is 241 cm³/mol. The maximum absolute atomic E-state index is 13.0. The molecule has 5 aromatic rings. The lowest BCUT2D eigenvalue weighted by Gasteiger charge is -2.29. The minimum absolute atomic E-state index is 0.0600. The van der Waals surface area contributed by atoms with E-state index in [0.29, 0.717) is 191 Å². The van der Waals surface area contributed by atoms with Gasteiger partial charge in [-0.2, -0.15) is 10.1 Å². The Labute approximate surface area is 378 Å². The zero-order chi connectivity index (χ0) is 45.5. The van der Waals surface area contributed by atoms with Gasteiger partial charge in [0.15, 0.2) is 11.2 Å². The van der Waals surface area contributed by atoms with E-state index in [1.54, 1.807) is 6.07 Å². The van der Waals surface area contributed by atoms with Crippen LogP contribution in [-0.2, 0) is 67.0 Å². The Morgan fingerprint density at radius 1 is 0.677 bits per heavy atom. The fourth-order valence-corrected chi connectivity index (χ4v) is 7.13. The van der Waals surface area contributed by atoms with E-state index in [2.05, 4.69) is 33.2 Å². The van der Waals surface area contributed by atoms with Crippen LogP contribution in [0.4, 0.5) is 11.8 Å². The van der Waals surface area contributed by atoms with E-state index in [0.717, 1.165) is 23.1 Å². The molecule has 0 bridgehead atoms. The van der Waals surface area contributed by atoms with Gasteiger partial charge in [0.25, 0.3) is 6.01 Å². The average molecular weight is 906 g/mol. The normalized spacial score (nSPS) is 12.7. The number of fused-ring (bicyclic) bond motifs is 3. The van der Waals surface area contributed by atoms with E-state index < -0.39 is 0 Å². The number of ketones is 1. The quantitative estimate of drug-likeness (QED) is 0.0511. The summed E-state index contributed by atoms with van der Waals surface area (Å²) in [5, 5.41) is 5.58. The number of nitrogens with two attached hydrogens (primary N) is 3. The molecular formula is C45H63N9O11. The summed E-state index contributed by atoms with van der Waals surface area (Å²) in [5.74, 6) is 0.545. The zero-order valence-corrected chi connectivity index (χ0v) is 37.1. The first-order valence-corrected chi connectivity index (χ1v) is 22.2. The van der Waals surface area contributed by atoms with Crippen LogP contribution in [0.15, 0.2) is 47.1 Å². The number of nitrogens with zero attached hydrogens (tertiary/aromatic N) is 6. The molecule has 3 aromatic heterocycles. The molecule has 1 aliphatic heterocycles. The molecule has 2 aromatic carbocycles. The first kappa shape index (κ1) is 49.3. The second kappa shape index (κ2) is 27.3. The topological polar surface area (TPSA) is 259 Å². The summed E-state index contributed by atoms with van der Waals surface area (Å²) in [6, 6.07) is 12.0. The molecule has 20 nitrogen and oxygen atoms in total. The molecule has 4 heterocycles. The largest absolute Gasteiger partial charge is 0.424 e. The summed E-state index contributed by atoms with van der Waals surface area (Å²) in [7, 11) is 0. The average Bonchev–Trinajstić information content (AvgIpc) is 3.88. The number of nitrogen functional groups attached to an aromatic ring is 2. The standard InChI is InChI=1S/C45H63N9O11/c46-10-15-60-19-23-64-27-26-62-21-17-58-13-8-37(55)2-1-12-57-16-20-61-24-25-63-22-18-59-14-9-40(56)53-11-7-34-28-33(3-4-36(34)31-53)30-54-44-41(43(47)49-32-50-44)42(52-54)35-5-6-39-38(29-35)51-45(48)65-39/h3-6,28-29,32H,1-2,7-27,30-31,46H2,(H2,48,51)(H2,47,49,50). The van der Waals surface area contributed by atoms with Crippen molar-refractivity contribution in [1.82, 2.24) is 29.6 Å². The van der Waals surface area contributed by atoms with Crippen molar-refractivity contribution >= 4 is 45.7 Å². The SMILES string of the molecule is NCCOCCOCCOCCOCCC(=O)CCCOCCOCCOCCOCCC(=O)N1CCc2cc(Cn3nc(-c4ccc5oc(N)nc5c4)c4c(N)ncnc43)ccc2C1. The van der Waals surface area contributed by atoms with Gasteiger partial charge >= 0.3 is 0 Å². The van der Waals surface area contributed by atoms with Crippen molar-refractivity contribution in [2.45, 2.75) is 45.2 Å². The number of carbonyl (C=O) groups is 2. The number of Topliss-reactive ketones (excluding diaryl/α,β-unsaturated/α-hetero) is 1. The van der Waals surface area contributed by atoms with Crippen molar-refractivity contribution in [3.8, 4) is 11.3 Å². The van der Waals surface area contributed by atoms with Crippen LogP contribution in [0.1, 0.15) is 42.4 Å². The molecule has 1 amide bonds. The number of ether oxygens (including phenoxy) is 8. The molecule has 0 spiro atoms. The fourth-order valence-electron chi connectivity index (χ4n) is 7.13. The number of hydrogen-bond acceptors (Lipinski definition) is 18. The zero-order valence-electron chi connectivity index (χ0n) is 37.1. The maximum atomic E-state index is 13.0. The van der Waals surface area contributed by atoms with Crippen LogP contribution < -0.4 is 17.2 Å². The van der Waals surface area contributed by atoms with Crippen molar-refractivity contribution in [1.29, 1.82) is 0 Å². The Morgan fingerprint density at radius 3 is 1.98 bits per heavy atom. The van der Waals surface area contributed by atoms with E-state index in [4.69, 9.17) is 64.6 Å². The van der Waals surface area contributed by atoms with Crippen LogP contribution in [0, 0.1) is 0 Å². The van der Waals surface area contributed by atoms with Crippen molar-refractivity contribution in [2.24, 2.45) is 5.73 Å². The van der Waals surface area contributed by atoms with Gasteiger partial charge in [-0.05, 0) is 47.7 Å². The van der Waals surface area contributed by atoms with Gasteiger partial charge in [0.2, 0.25) is 5.91 Å². The minimum atomic E-state index is 0.0600. The van der Waals surface area contributed by atoms with Crippen LogP contribution in [0.5, 0.6) is 0 Å². The third-order valence-electron chi connectivity index (χ3n) is 10.4. The van der Waals surface area contributed by atoms with E-state index in [1.165, 1.54) is 11.9 Å². The van der Waals surface area contributed by atoms with Crippen LogP contribution in [0.25, 0.3) is 33.4 Å². The molecule has 0 saturated heterocycles. The fraction of sp³-hybridized carbons (Fsp3) is 0.556. The van der Waals surface area contributed by atoms with Gasteiger partial charge in [0, 0.05) is 44.6 Å². The van der Waals surface area contributed by atoms with Crippen LogP contribution in [0.3, 0.4) is 0 Å². The Kier molecular flexibility index (Phi) is 20.7. The van der Waals surface area contributed by atoms with Crippen LogP contribution >= 0.6 is 0 Å². The molecule has 354 valence electrons. The van der Waals surface area contributed by atoms with E-state index in [9.17, 15) is 9.59 Å². The second-order valence-corrected chi connectivity index (χ2v) is 15.2. The van der Waals surface area contributed by atoms with Gasteiger partial charge in [0.05, 0.1) is 117 Å². The summed E-state index contributed by atoms with van der Waals surface area (Å²) in [6.45, 7) is 9.37. The molecule has 0 radical (unpaired) electrons. The highest BCUT2D eigenvalue weighted by Gasteiger charge is 2.22. The highest BCUT2D eigenvalue weighted by atomic mass is 16.6. The van der Waals surface area contributed by atoms with E-state index in [1.807, 2.05) is 21.7 Å². The first-order chi connectivity index (χ1) is 31.9. The summed E-state index contributed by atoms with van der Waals surface area (Å²) < 4.78 is 51.1. The van der Waals surface area contributed by atoms with Gasteiger partial charge in [-0.3, -0.25) is 9.59 Å². The summed E-state index contributed by atoms with van der Waals surface area (Å²) >= 11 is 0. The van der Waals surface area contributed by atoms with Crippen molar-refractivity contribution in [3.63, 3.8) is 0 Å². The number of benzene rings is 2. The first-order valence-electron chi connectivity index (χ1n) is 22.2. The highest BCUT2D eigenvalue weighted by molar-refractivity contribution is 5.99. The van der Waals surface area contributed by atoms with Crippen LogP contribution in [0.2, 0.25) is 0 Å². The molecule has 0 saturated carbocycles. The molecule has 6 rings (SSSR count). The lowest BCUT2D eigenvalue weighted by molar-refractivity contribution is -0.133. The Morgan fingerprint density at radius 2 is 1.31 bits per heavy atom. The molecule has 0 unspecified atom stereocenters. The number of anilines is 2. The summed E-state index contributed by atoms with van der Waals surface area (Å²) in [4.78, 5) is 40.0. The maximum Gasteiger partial charge on any atom is 0.292 e. The lowest BCUT2D eigenvalue weighted by Crippen LogP contribution is -2.36. The number of rotatable bonds is 33. The Bertz CT molecular complexity index is 2220. The van der Waals surface area contributed by atoms with E-state index in [-0.39, 0.29) is 17.7 Å². The molecular weight excluding hydrogens is 843 g/mol. The molecule has 0 fully saturated rings. The molecule has 0 aliphatic carbocycles. The Hall–Kier alpha value is -5.16. The molecule has 0 atom stereocenters. The second-order valence-electron chi connectivity index (χ2n) is 15.2. The predicted octanol–water partition coefficient (Wildman–Crippen LogP) is 2.95. The van der Waals surface area contributed by atoms with Gasteiger partial charge in [-0.1, -0.05) is 18.2 Å². The van der Waals surface area contributed by atoms with Crippen molar-refractivity contribution < 1.29 is 51.9 Å². The Balaban J connectivity index is 0.752. The third kappa shape index (κ3) is 16.0. The molecule has 20 heteroatoms. The minimum Gasteiger partial charge on any atom is -0.424 e. The molecule has 6 N–H and O–H groups in total. The van der Waals surface area contributed by atoms with E-state index >= 15 is 0 Å². The third-order valence-corrected chi connectivity index (χ3v) is 10.4. The highest BCUT2D eigenvalue weighted by Crippen LogP contribution is 2.33. The smallest absolute Gasteiger partial charge is 0.292 e. The number of hydrogen-bond donors (Lipinski definition) is 3. The number of aromatic nitrogens is 5. The molecule has 65 heavy (non-hydrogen) atoms. The van der Waals surface area contributed by atoms with Gasteiger partial charge in [-0.25, -0.2) is 14.6 Å². The van der Waals surface area contributed by atoms with Crippen molar-refractivity contribution in [2.75, 3.05) is 130 Å². The monoisotopic (exact) mass is 905 g/mol. The van der Waals surface area contributed by atoms with Gasteiger partial charge in [-0.15, -0.1) is 0 Å². The number of carbonyl (C=O) groups excluding carboxylic acids is 2. The number of oxazole rings is 1. The summed E-state index contributed by atoms with van der Waals surface area (Å²) in [6.07, 6.45) is 3.99. The van der Waals surface area contributed by atoms with Gasteiger partial charge in [0.1, 0.15) is 29.1 Å².